The maximum absolute atomic E-state index is 12.8. The second kappa shape index (κ2) is 10.4. The summed E-state index contributed by atoms with van der Waals surface area (Å²) >= 11 is 0. The zero-order valence-corrected chi connectivity index (χ0v) is 17.8. The molecule has 158 valence electrons. The molecule has 5 nitrogen and oxygen atoms in total. The lowest BCUT2D eigenvalue weighted by Crippen LogP contribution is -3.28. The van der Waals surface area contributed by atoms with Gasteiger partial charge in [0.05, 0.1) is 6.54 Å². The van der Waals surface area contributed by atoms with Gasteiger partial charge in [-0.05, 0) is 23.8 Å². The number of carbonyl (C=O) groups excluding carboxylic acids is 1. The first-order valence-corrected chi connectivity index (χ1v) is 11.2. The Morgan fingerprint density at radius 1 is 0.800 bits per heavy atom. The van der Waals surface area contributed by atoms with Crippen LogP contribution in [0.3, 0.4) is 0 Å². The number of anilines is 1. The van der Waals surface area contributed by atoms with E-state index in [1.165, 1.54) is 16.2 Å². The van der Waals surface area contributed by atoms with E-state index in [9.17, 15) is 4.79 Å². The van der Waals surface area contributed by atoms with Gasteiger partial charge in [-0.15, -0.1) is 0 Å². The number of nitrogens with one attached hydrogen (secondary N) is 2. The van der Waals surface area contributed by atoms with Gasteiger partial charge in [0.25, 0.3) is 5.91 Å². The summed E-state index contributed by atoms with van der Waals surface area (Å²) in [7, 11) is 0. The third-order valence-electron chi connectivity index (χ3n) is 6.34. The number of rotatable bonds is 6. The fraction of sp³-hybridized carbons (Fsp3) is 0.400. The van der Waals surface area contributed by atoms with Crippen molar-refractivity contribution in [2.45, 2.75) is 0 Å². The van der Waals surface area contributed by atoms with Crippen molar-refractivity contribution >= 4 is 17.7 Å². The van der Waals surface area contributed by atoms with E-state index in [1.807, 2.05) is 6.07 Å². The van der Waals surface area contributed by atoms with Gasteiger partial charge >= 0.3 is 0 Å². The average molecular weight is 407 g/mol. The van der Waals surface area contributed by atoms with E-state index in [2.05, 4.69) is 76.5 Å². The van der Waals surface area contributed by atoms with Gasteiger partial charge in [0.2, 0.25) is 0 Å². The monoisotopic (exact) mass is 406 g/mol. The van der Waals surface area contributed by atoms with E-state index < -0.39 is 0 Å². The fourth-order valence-electron chi connectivity index (χ4n) is 4.44. The number of para-hydroxylation sites is 1. The zero-order valence-electron chi connectivity index (χ0n) is 17.8. The molecule has 2 aromatic carbocycles. The van der Waals surface area contributed by atoms with Gasteiger partial charge in [0.15, 0.2) is 6.54 Å². The molecule has 0 atom stereocenters. The first-order valence-electron chi connectivity index (χ1n) is 11.2. The molecule has 0 saturated carbocycles. The molecule has 0 unspecified atom stereocenters. The predicted molar refractivity (Wildman–Crippen MR) is 122 cm³/mol. The molecule has 2 heterocycles. The molecule has 1 amide bonds. The number of nitrogens with zero attached hydrogens (tertiary/aromatic N) is 2. The molecular weight excluding hydrogens is 372 g/mol. The second-order valence-corrected chi connectivity index (χ2v) is 8.40. The quantitative estimate of drug-likeness (QED) is 0.699. The highest BCUT2D eigenvalue weighted by atomic mass is 16.2. The number of piperazine rings is 2. The first-order chi connectivity index (χ1) is 14.8. The van der Waals surface area contributed by atoms with Crippen LogP contribution in [0.2, 0.25) is 0 Å². The molecule has 0 radical (unpaired) electrons. The van der Waals surface area contributed by atoms with E-state index in [-0.39, 0.29) is 0 Å². The minimum atomic E-state index is 0.324. The molecule has 2 aromatic rings. The van der Waals surface area contributed by atoms with Gasteiger partial charge in [-0.25, -0.2) is 0 Å². The lowest BCUT2D eigenvalue weighted by Gasteiger charge is -2.37. The van der Waals surface area contributed by atoms with Crippen molar-refractivity contribution in [3.05, 3.63) is 72.3 Å². The van der Waals surface area contributed by atoms with Crippen LogP contribution in [0.15, 0.2) is 66.7 Å². The van der Waals surface area contributed by atoms with Crippen LogP contribution in [0.25, 0.3) is 6.08 Å². The third-order valence-corrected chi connectivity index (χ3v) is 6.34. The van der Waals surface area contributed by atoms with Crippen molar-refractivity contribution in [2.24, 2.45) is 0 Å². The average Bonchev–Trinajstić information content (AvgIpc) is 2.81. The van der Waals surface area contributed by atoms with E-state index in [0.717, 1.165) is 58.9 Å². The molecule has 0 spiro atoms. The lowest BCUT2D eigenvalue weighted by molar-refractivity contribution is -1.01. The Kier molecular flexibility index (Phi) is 7.16. The fourth-order valence-corrected chi connectivity index (χ4v) is 4.44. The molecule has 2 N–H and O–H groups in total. The summed E-state index contributed by atoms with van der Waals surface area (Å²) in [4.78, 5) is 20.3. The second-order valence-electron chi connectivity index (χ2n) is 8.40. The van der Waals surface area contributed by atoms with E-state index >= 15 is 0 Å². The standard InChI is InChI=1S/C25H32N4O/c30-25(29-20-18-28(19-21-29)24-11-5-2-6-12-24)22-27-16-14-26(15-17-27)13-7-10-23-8-3-1-4-9-23/h1-12H,13-22H2/p+2/b10-7+. The summed E-state index contributed by atoms with van der Waals surface area (Å²) in [5, 5.41) is 0. The molecule has 0 aliphatic carbocycles. The zero-order chi connectivity index (χ0) is 20.6. The molecule has 0 aromatic heterocycles. The van der Waals surface area contributed by atoms with Crippen LogP contribution in [0.4, 0.5) is 5.69 Å². The Bertz CT molecular complexity index is 808. The van der Waals surface area contributed by atoms with Gasteiger partial charge in [-0.2, -0.15) is 0 Å². The summed E-state index contributed by atoms with van der Waals surface area (Å²) in [6.45, 7) is 9.70. The molecule has 2 saturated heterocycles. The van der Waals surface area contributed by atoms with Gasteiger partial charge in [0.1, 0.15) is 26.2 Å². The Morgan fingerprint density at radius 2 is 1.40 bits per heavy atom. The van der Waals surface area contributed by atoms with Gasteiger partial charge < -0.3 is 19.6 Å². The Hall–Kier alpha value is -2.63. The highest BCUT2D eigenvalue weighted by Crippen LogP contribution is 2.15. The van der Waals surface area contributed by atoms with E-state index in [1.54, 1.807) is 4.90 Å². The number of benzene rings is 2. The highest BCUT2D eigenvalue weighted by molar-refractivity contribution is 5.77. The maximum atomic E-state index is 12.8. The number of carbonyl (C=O) groups is 1. The topological polar surface area (TPSA) is 32.4 Å². The van der Waals surface area contributed by atoms with E-state index in [4.69, 9.17) is 0 Å². The smallest absolute Gasteiger partial charge is 0.277 e. The van der Waals surface area contributed by atoms with Crippen molar-refractivity contribution in [1.29, 1.82) is 0 Å². The van der Waals surface area contributed by atoms with Gasteiger partial charge in [0, 0.05) is 31.9 Å². The Morgan fingerprint density at radius 3 is 2.07 bits per heavy atom. The van der Waals surface area contributed by atoms with Crippen molar-refractivity contribution in [1.82, 2.24) is 4.90 Å². The third kappa shape index (κ3) is 5.71. The maximum Gasteiger partial charge on any atom is 0.277 e. The molecule has 2 aliphatic rings. The molecule has 30 heavy (non-hydrogen) atoms. The molecule has 2 aliphatic heterocycles. The lowest BCUT2D eigenvalue weighted by atomic mass is 10.2. The molecular formula is C25H34N4O+2. The van der Waals surface area contributed by atoms with Crippen molar-refractivity contribution in [3.8, 4) is 0 Å². The summed E-state index contributed by atoms with van der Waals surface area (Å²) in [6.07, 6.45) is 4.50. The Balaban J connectivity index is 1.16. The van der Waals surface area contributed by atoms with Crippen LogP contribution in [-0.4, -0.2) is 76.3 Å². The van der Waals surface area contributed by atoms with Gasteiger partial charge in [-0.3, -0.25) is 4.79 Å². The van der Waals surface area contributed by atoms with E-state index in [0.29, 0.717) is 12.5 Å². The summed E-state index contributed by atoms with van der Waals surface area (Å²) in [6, 6.07) is 21.0. The van der Waals surface area contributed by atoms with Crippen LogP contribution >= 0.6 is 0 Å². The van der Waals surface area contributed by atoms with Gasteiger partial charge in [-0.1, -0.05) is 54.6 Å². The largest absolute Gasteiger partial charge is 0.368 e. The summed E-state index contributed by atoms with van der Waals surface area (Å²) < 4.78 is 0. The van der Waals surface area contributed by atoms with Crippen molar-refractivity contribution in [2.75, 3.05) is 70.3 Å². The minimum absolute atomic E-state index is 0.324. The van der Waals surface area contributed by atoms with Crippen LogP contribution in [0, 0.1) is 0 Å². The minimum Gasteiger partial charge on any atom is -0.368 e. The SMILES string of the molecule is O=C(C[NH+]1CC[NH+](C/C=C/c2ccccc2)CC1)N1CCN(c2ccccc2)CC1. The number of hydrogen-bond donors (Lipinski definition) is 2. The van der Waals surface area contributed by atoms with Crippen LogP contribution in [0.1, 0.15) is 5.56 Å². The molecule has 2 fully saturated rings. The van der Waals surface area contributed by atoms with Crippen LogP contribution in [0.5, 0.6) is 0 Å². The van der Waals surface area contributed by atoms with Crippen molar-refractivity contribution < 1.29 is 14.6 Å². The number of hydrogen-bond acceptors (Lipinski definition) is 2. The molecule has 4 rings (SSSR count). The summed E-state index contributed by atoms with van der Waals surface area (Å²) in [5.74, 6) is 0.324. The van der Waals surface area contributed by atoms with Crippen LogP contribution in [-0.2, 0) is 4.79 Å². The Labute approximate surface area is 180 Å². The van der Waals surface area contributed by atoms with Crippen LogP contribution < -0.4 is 14.7 Å². The molecule has 0 bridgehead atoms. The number of amides is 1. The summed E-state index contributed by atoms with van der Waals surface area (Å²) in [5.41, 5.74) is 2.52. The highest BCUT2D eigenvalue weighted by Gasteiger charge is 2.28. The number of quaternary nitrogens is 2. The van der Waals surface area contributed by atoms with Crippen molar-refractivity contribution in [3.63, 3.8) is 0 Å². The molecule has 5 heteroatoms. The first kappa shape index (κ1) is 20.6. The normalized spacial score (nSPS) is 22.4. The predicted octanol–water partition coefficient (Wildman–Crippen LogP) is -0.168.